The number of hydrogen-bond acceptors (Lipinski definition) is 4. The van der Waals surface area contributed by atoms with Crippen molar-refractivity contribution in [1.82, 2.24) is 10.9 Å². The molecule has 0 heterocycles. The van der Waals surface area contributed by atoms with E-state index in [9.17, 15) is 4.79 Å². The third-order valence-corrected chi connectivity index (χ3v) is 3.54. The van der Waals surface area contributed by atoms with Gasteiger partial charge in [-0.2, -0.15) is 0 Å². The summed E-state index contributed by atoms with van der Waals surface area (Å²) in [6.07, 6.45) is 0. The van der Waals surface area contributed by atoms with Crippen LogP contribution in [0.15, 0.2) is 48.5 Å². The van der Waals surface area contributed by atoms with Crippen LogP contribution in [0.5, 0.6) is 5.75 Å². The van der Waals surface area contributed by atoms with E-state index in [2.05, 4.69) is 16.2 Å². The van der Waals surface area contributed by atoms with Crippen molar-refractivity contribution in [2.45, 2.75) is 6.92 Å². The molecule has 0 fully saturated rings. The van der Waals surface area contributed by atoms with E-state index < -0.39 is 0 Å². The van der Waals surface area contributed by atoms with Gasteiger partial charge in [0.1, 0.15) is 5.75 Å². The number of thiocarbonyl (C=S) groups is 1. The van der Waals surface area contributed by atoms with Crippen LogP contribution in [-0.2, 0) is 0 Å². The molecular weight excluding hydrogens is 336 g/mol. The molecule has 25 heavy (non-hydrogen) atoms. The lowest BCUT2D eigenvalue weighted by Gasteiger charge is -2.14. The van der Waals surface area contributed by atoms with Gasteiger partial charge in [-0.1, -0.05) is 6.07 Å². The highest BCUT2D eigenvalue weighted by atomic mass is 32.1. The molecule has 0 aliphatic carbocycles. The quantitative estimate of drug-likeness (QED) is 0.564. The Labute approximate surface area is 153 Å². The number of nitrogens with zero attached hydrogens (tertiary/aromatic N) is 1. The maximum absolute atomic E-state index is 12.2. The average molecular weight is 358 g/mol. The lowest BCUT2D eigenvalue weighted by Crippen LogP contribution is -2.43. The number of rotatable bonds is 5. The summed E-state index contributed by atoms with van der Waals surface area (Å²) in [6.45, 7) is 2.55. The molecule has 2 rings (SSSR count). The molecule has 2 aromatic rings. The van der Waals surface area contributed by atoms with Crippen LogP contribution in [0.4, 0.5) is 11.4 Å². The van der Waals surface area contributed by atoms with Gasteiger partial charge in [0.2, 0.25) is 0 Å². The Hall–Kier alpha value is -2.80. The fraction of sp³-hybridized carbons (Fsp3) is 0.222. The summed E-state index contributed by atoms with van der Waals surface area (Å²) in [5.41, 5.74) is 7.56. The van der Waals surface area contributed by atoms with E-state index >= 15 is 0 Å². The van der Waals surface area contributed by atoms with Gasteiger partial charge in [0.15, 0.2) is 5.11 Å². The lowest BCUT2D eigenvalue weighted by molar-refractivity contribution is 0.0944. The third kappa shape index (κ3) is 5.65. The van der Waals surface area contributed by atoms with Gasteiger partial charge in [-0.05, 0) is 61.6 Å². The summed E-state index contributed by atoms with van der Waals surface area (Å²) in [5, 5.41) is 3.28. The van der Waals surface area contributed by atoms with E-state index in [0.717, 1.165) is 17.1 Å². The van der Waals surface area contributed by atoms with Gasteiger partial charge in [0, 0.05) is 31.0 Å². The van der Waals surface area contributed by atoms with Crippen LogP contribution in [0.2, 0.25) is 0 Å². The molecule has 3 N–H and O–H groups in total. The number of carbonyl (C=O) groups excluding carboxylic acids is 1. The second-order valence-electron chi connectivity index (χ2n) is 5.44. The van der Waals surface area contributed by atoms with Crippen LogP contribution in [0.3, 0.4) is 0 Å². The molecule has 0 atom stereocenters. The molecule has 0 aliphatic heterocycles. The van der Waals surface area contributed by atoms with Crippen molar-refractivity contribution < 1.29 is 9.53 Å². The minimum absolute atomic E-state index is 0.264. The minimum atomic E-state index is -0.264. The molecule has 1 amide bonds. The fourth-order valence-electron chi connectivity index (χ4n) is 2.07. The van der Waals surface area contributed by atoms with Gasteiger partial charge >= 0.3 is 0 Å². The van der Waals surface area contributed by atoms with Gasteiger partial charge in [-0.15, -0.1) is 0 Å². The van der Waals surface area contributed by atoms with E-state index in [1.54, 1.807) is 12.1 Å². The highest BCUT2D eigenvalue weighted by Crippen LogP contribution is 2.15. The van der Waals surface area contributed by atoms with Crippen LogP contribution in [0.25, 0.3) is 0 Å². The first kappa shape index (κ1) is 18.5. The van der Waals surface area contributed by atoms with Crippen LogP contribution >= 0.6 is 12.2 Å². The zero-order valence-electron chi connectivity index (χ0n) is 14.5. The Kier molecular flexibility index (Phi) is 6.59. The van der Waals surface area contributed by atoms with Gasteiger partial charge in [0.25, 0.3) is 5.91 Å². The highest BCUT2D eigenvalue weighted by Gasteiger charge is 2.07. The molecule has 0 aliphatic rings. The zero-order valence-corrected chi connectivity index (χ0v) is 15.3. The van der Waals surface area contributed by atoms with Crippen LogP contribution < -0.4 is 25.8 Å². The monoisotopic (exact) mass is 358 g/mol. The predicted molar refractivity (Wildman–Crippen MR) is 105 cm³/mol. The van der Waals surface area contributed by atoms with Gasteiger partial charge in [0.05, 0.1) is 6.61 Å². The molecule has 132 valence electrons. The Balaban J connectivity index is 1.86. The number of ether oxygens (including phenoxy) is 1. The number of benzene rings is 2. The smallest absolute Gasteiger partial charge is 0.269 e. The summed E-state index contributed by atoms with van der Waals surface area (Å²) in [4.78, 5) is 14.1. The molecule has 0 unspecified atom stereocenters. The second kappa shape index (κ2) is 8.89. The molecular formula is C18H22N4O2S. The molecule has 0 saturated heterocycles. The number of nitrogens with one attached hydrogen (secondary N) is 3. The first-order valence-corrected chi connectivity index (χ1v) is 8.28. The van der Waals surface area contributed by atoms with Gasteiger partial charge in [-0.25, -0.2) is 0 Å². The molecule has 7 heteroatoms. The van der Waals surface area contributed by atoms with E-state index in [-0.39, 0.29) is 5.91 Å². The average Bonchev–Trinajstić information content (AvgIpc) is 2.61. The first-order valence-electron chi connectivity index (χ1n) is 7.87. The molecule has 0 bridgehead atoms. The standard InChI is InChI=1S/C18H22N4O2S/c1-4-24-16-10-8-14(9-11-16)19-18(25)21-20-17(23)13-6-5-7-15(12-13)22(2)3/h5-12H,4H2,1-3H3,(H,20,23)(H2,19,21,25). The number of anilines is 2. The van der Waals surface area contributed by atoms with Crippen LogP contribution in [-0.4, -0.2) is 31.7 Å². The fourth-order valence-corrected chi connectivity index (χ4v) is 2.24. The van der Waals surface area contributed by atoms with Crippen molar-refractivity contribution in [1.29, 1.82) is 0 Å². The molecule has 6 nitrogen and oxygen atoms in total. The first-order chi connectivity index (χ1) is 12.0. The number of hydrazine groups is 1. The molecule has 0 radical (unpaired) electrons. The van der Waals surface area contributed by atoms with E-state index in [1.165, 1.54) is 0 Å². The summed E-state index contributed by atoms with van der Waals surface area (Å²) < 4.78 is 5.38. The van der Waals surface area contributed by atoms with Crippen LogP contribution in [0, 0.1) is 0 Å². The van der Waals surface area contributed by atoms with Crippen molar-refractivity contribution in [3.8, 4) is 5.75 Å². The largest absolute Gasteiger partial charge is 0.494 e. The maximum Gasteiger partial charge on any atom is 0.269 e. The van der Waals surface area contributed by atoms with Gasteiger partial charge < -0.3 is 15.0 Å². The summed E-state index contributed by atoms with van der Waals surface area (Å²) in [5.74, 6) is 0.528. The number of amides is 1. The number of hydrogen-bond donors (Lipinski definition) is 3. The van der Waals surface area contributed by atoms with E-state index in [0.29, 0.717) is 17.3 Å². The van der Waals surface area contributed by atoms with Crippen LogP contribution in [0.1, 0.15) is 17.3 Å². The Morgan fingerprint density at radius 2 is 1.84 bits per heavy atom. The summed E-state index contributed by atoms with van der Waals surface area (Å²) in [6, 6.07) is 14.7. The molecule has 0 saturated carbocycles. The number of carbonyl (C=O) groups is 1. The maximum atomic E-state index is 12.2. The Morgan fingerprint density at radius 1 is 1.12 bits per heavy atom. The Bertz CT molecular complexity index is 732. The lowest BCUT2D eigenvalue weighted by atomic mass is 10.2. The topological polar surface area (TPSA) is 65.6 Å². The Morgan fingerprint density at radius 3 is 2.48 bits per heavy atom. The third-order valence-electron chi connectivity index (χ3n) is 3.34. The van der Waals surface area contributed by atoms with Crippen molar-refractivity contribution in [3.63, 3.8) is 0 Å². The zero-order chi connectivity index (χ0) is 18.2. The SMILES string of the molecule is CCOc1ccc(NC(=S)NNC(=O)c2cccc(N(C)C)c2)cc1. The molecule has 0 aromatic heterocycles. The van der Waals surface area contributed by atoms with Crippen molar-refractivity contribution in [3.05, 3.63) is 54.1 Å². The second-order valence-corrected chi connectivity index (χ2v) is 5.84. The van der Waals surface area contributed by atoms with E-state index in [4.69, 9.17) is 17.0 Å². The minimum Gasteiger partial charge on any atom is -0.494 e. The van der Waals surface area contributed by atoms with Crippen molar-refractivity contribution in [2.75, 3.05) is 30.9 Å². The predicted octanol–water partition coefficient (Wildman–Crippen LogP) is 2.78. The normalized spacial score (nSPS) is 9.88. The van der Waals surface area contributed by atoms with Crippen molar-refractivity contribution in [2.24, 2.45) is 0 Å². The van der Waals surface area contributed by atoms with Gasteiger partial charge in [-0.3, -0.25) is 15.6 Å². The summed E-state index contributed by atoms with van der Waals surface area (Å²) >= 11 is 5.18. The highest BCUT2D eigenvalue weighted by molar-refractivity contribution is 7.80. The van der Waals surface area contributed by atoms with E-state index in [1.807, 2.05) is 62.3 Å². The molecule has 2 aromatic carbocycles. The van der Waals surface area contributed by atoms with Crippen molar-refractivity contribution >= 4 is 34.6 Å². The summed E-state index contributed by atoms with van der Waals surface area (Å²) in [7, 11) is 3.84. The molecule has 0 spiro atoms.